The van der Waals surface area contributed by atoms with Crippen LogP contribution >= 0.6 is 0 Å². The Labute approximate surface area is 149 Å². The minimum Gasteiger partial charge on any atom is -0.484 e. The lowest BCUT2D eigenvalue weighted by molar-refractivity contribution is -0.132. The summed E-state index contributed by atoms with van der Waals surface area (Å²) >= 11 is 0. The quantitative estimate of drug-likeness (QED) is 0.892. The highest BCUT2D eigenvalue weighted by atomic mass is 19.1. The van der Waals surface area contributed by atoms with Gasteiger partial charge in [0, 0.05) is 37.3 Å². The van der Waals surface area contributed by atoms with E-state index in [4.69, 9.17) is 4.74 Å². The summed E-state index contributed by atoms with van der Waals surface area (Å²) < 4.78 is 32.1. The van der Waals surface area contributed by atoms with Crippen LogP contribution in [0.25, 0.3) is 0 Å². The first-order chi connectivity index (χ1) is 12.4. The Morgan fingerprint density at radius 2 is 2.00 bits per heavy atom. The van der Waals surface area contributed by atoms with Gasteiger partial charge in [-0.3, -0.25) is 9.59 Å². The number of aryl methyl sites for hydroxylation is 1. The van der Waals surface area contributed by atoms with Crippen LogP contribution in [-0.2, 0) is 22.6 Å². The van der Waals surface area contributed by atoms with Gasteiger partial charge < -0.3 is 15.0 Å². The maximum absolute atomic E-state index is 13.7. The zero-order valence-electron chi connectivity index (χ0n) is 14.2. The van der Waals surface area contributed by atoms with Crippen LogP contribution < -0.4 is 10.1 Å². The molecule has 1 N–H and O–H groups in total. The van der Waals surface area contributed by atoms with Crippen molar-refractivity contribution < 1.29 is 23.1 Å². The van der Waals surface area contributed by atoms with Gasteiger partial charge in [-0.25, -0.2) is 8.78 Å². The van der Waals surface area contributed by atoms with Crippen LogP contribution in [0.5, 0.6) is 5.75 Å². The molecule has 0 fully saturated rings. The lowest BCUT2D eigenvalue weighted by Gasteiger charge is -2.19. The number of hydrogen-bond donors (Lipinski definition) is 1. The Balaban J connectivity index is 1.57. The van der Waals surface area contributed by atoms with Crippen LogP contribution in [0.15, 0.2) is 36.4 Å². The second-order valence-electron chi connectivity index (χ2n) is 6.14. The monoisotopic (exact) mass is 360 g/mol. The zero-order chi connectivity index (χ0) is 18.7. The lowest BCUT2D eigenvalue weighted by atomic mass is 10.0. The molecule has 1 aliphatic rings. The number of amides is 2. The van der Waals surface area contributed by atoms with Crippen LogP contribution in [0.3, 0.4) is 0 Å². The van der Waals surface area contributed by atoms with Crippen LogP contribution in [0.1, 0.15) is 17.5 Å². The largest absolute Gasteiger partial charge is 0.484 e. The molecule has 0 saturated heterocycles. The maximum Gasteiger partial charge on any atom is 0.260 e. The first-order valence-electron chi connectivity index (χ1n) is 8.16. The predicted octanol–water partition coefficient (Wildman–Crippen LogP) is 2.89. The molecule has 0 atom stereocenters. The Morgan fingerprint density at radius 1 is 1.19 bits per heavy atom. The third-order valence-corrected chi connectivity index (χ3v) is 4.18. The molecule has 0 saturated carbocycles. The van der Waals surface area contributed by atoms with Gasteiger partial charge in [0.05, 0.1) is 0 Å². The summed E-state index contributed by atoms with van der Waals surface area (Å²) in [4.78, 5) is 24.8. The fourth-order valence-electron chi connectivity index (χ4n) is 2.70. The van der Waals surface area contributed by atoms with Gasteiger partial charge in [-0.1, -0.05) is 6.07 Å². The second kappa shape index (κ2) is 7.51. The van der Waals surface area contributed by atoms with Crippen molar-refractivity contribution in [3.05, 3.63) is 59.2 Å². The molecular weight excluding hydrogens is 342 g/mol. The standard InChI is InChI=1S/C19H18F2N2O3/c1-23(10-13-2-4-14(20)9-16(13)21)19(25)11-26-15-5-6-17-12(8-15)3-7-18(24)22-17/h2,4-6,8-9H,3,7,10-11H2,1H3,(H,22,24). The molecule has 3 rings (SSSR count). The molecule has 1 heterocycles. The zero-order valence-corrected chi connectivity index (χ0v) is 14.2. The number of hydrogen-bond acceptors (Lipinski definition) is 3. The van der Waals surface area contributed by atoms with Gasteiger partial charge >= 0.3 is 0 Å². The number of anilines is 1. The Bertz CT molecular complexity index is 855. The predicted molar refractivity (Wildman–Crippen MR) is 91.7 cm³/mol. The molecule has 0 spiro atoms. The fourth-order valence-corrected chi connectivity index (χ4v) is 2.70. The van der Waals surface area contributed by atoms with E-state index in [-0.39, 0.29) is 30.5 Å². The number of benzene rings is 2. The highest BCUT2D eigenvalue weighted by Gasteiger charge is 2.16. The SMILES string of the molecule is CN(Cc1ccc(F)cc1F)C(=O)COc1ccc2c(c1)CCC(=O)N2. The number of halogens is 2. The summed E-state index contributed by atoms with van der Waals surface area (Å²) in [5.74, 6) is -1.18. The van der Waals surface area contributed by atoms with Crippen molar-refractivity contribution in [2.45, 2.75) is 19.4 Å². The van der Waals surface area contributed by atoms with E-state index in [0.29, 0.717) is 18.6 Å². The molecule has 0 aromatic heterocycles. The highest BCUT2D eigenvalue weighted by molar-refractivity contribution is 5.94. The van der Waals surface area contributed by atoms with E-state index < -0.39 is 11.6 Å². The number of carbonyl (C=O) groups excluding carboxylic acids is 2. The molecule has 2 amide bonds. The third kappa shape index (κ3) is 4.17. The molecule has 2 aromatic carbocycles. The smallest absolute Gasteiger partial charge is 0.260 e. The van der Waals surface area contributed by atoms with E-state index in [2.05, 4.69) is 5.32 Å². The van der Waals surface area contributed by atoms with Gasteiger partial charge in [0.15, 0.2) is 6.61 Å². The highest BCUT2D eigenvalue weighted by Crippen LogP contribution is 2.26. The molecule has 0 bridgehead atoms. The topological polar surface area (TPSA) is 58.6 Å². The first-order valence-corrected chi connectivity index (χ1v) is 8.16. The Kier molecular flexibility index (Phi) is 5.16. The third-order valence-electron chi connectivity index (χ3n) is 4.18. The van der Waals surface area contributed by atoms with Crippen LogP contribution in [0, 0.1) is 11.6 Å². The van der Waals surface area contributed by atoms with E-state index in [1.54, 1.807) is 18.2 Å². The van der Waals surface area contributed by atoms with Crippen molar-refractivity contribution in [2.75, 3.05) is 19.0 Å². The van der Waals surface area contributed by atoms with Gasteiger partial charge in [0.25, 0.3) is 5.91 Å². The van der Waals surface area contributed by atoms with E-state index in [1.807, 2.05) is 0 Å². The first kappa shape index (κ1) is 17.8. The van der Waals surface area contributed by atoms with Crippen molar-refractivity contribution in [1.82, 2.24) is 4.90 Å². The second-order valence-corrected chi connectivity index (χ2v) is 6.14. The van der Waals surface area contributed by atoms with Crippen molar-refractivity contribution in [1.29, 1.82) is 0 Å². The Hall–Kier alpha value is -2.96. The van der Waals surface area contributed by atoms with Crippen LogP contribution in [-0.4, -0.2) is 30.4 Å². The molecule has 7 heteroatoms. The van der Waals surface area contributed by atoms with E-state index >= 15 is 0 Å². The number of nitrogens with zero attached hydrogens (tertiary/aromatic N) is 1. The van der Waals surface area contributed by atoms with E-state index in [9.17, 15) is 18.4 Å². The Morgan fingerprint density at radius 3 is 2.77 bits per heavy atom. The van der Waals surface area contributed by atoms with E-state index in [0.717, 1.165) is 23.4 Å². The molecule has 2 aromatic rings. The summed E-state index contributed by atoms with van der Waals surface area (Å²) in [6.07, 6.45) is 1.04. The normalized spacial score (nSPS) is 13.0. The molecule has 136 valence electrons. The van der Waals surface area contributed by atoms with Gasteiger partial charge in [-0.2, -0.15) is 0 Å². The van der Waals surface area contributed by atoms with Crippen LogP contribution in [0.4, 0.5) is 14.5 Å². The van der Waals surface area contributed by atoms with Crippen molar-refractivity contribution in [3.8, 4) is 5.75 Å². The van der Waals surface area contributed by atoms with Gasteiger partial charge in [0.1, 0.15) is 17.4 Å². The summed E-state index contributed by atoms with van der Waals surface area (Å²) in [6, 6.07) is 8.46. The van der Waals surface area contributed by atoms with Crippen molar-refractivity contribution in [3.63, 3.8) is 0 Å². The lowest BCUT2D eigenvalue weighted by Crippen LogP contribution is -2.31. The molecule has 0 unspecified atom stereocenters. The molecule has 26 heavy (non-hydrogen) atoms. The maximum atomic E-state index is 13.7. The molecule has 0 aliphatic carbocycles. The van der Waals surface area contributed by atoms with Gasteiger partial charge in [-0.05, 0) is 36.2 Å². The summed E-state index contributed by atoms with van der Waals surface area (Å²) in [5, 5.41) is 2.77. The minimum atomic E-state index is -0.692. The van der Waals surface area contributed by atoms with E-state index in [1.165, 1.54) is 18.0 Å². The minimum absolute atomic E-state index is 0.0176. The number of likely N-dealkylation sites (N-methyl/N-ethyl adjacent to an activating group) is 1. The molecule has 0 radical (unpaired) electrons. The number of rotatable bonds is 5. The molecular formula is C19H18F2N2O3. The number of nitrogens with one attached hydrogen (secondary N) is 1. The fraction of sp³-hybridized carbons (Fsp3) is 0.263. The summed E-state index contributed by atoms with van der Waals surface area (Å²) in [6.45, 7) is -0.186. The van der Waals surface area contributed by atoms with Crippen molar-refractivity contribution in [2.24, 2.45) is 0 Å². The number of carbonyl (C=O) groups is 2. The van der Waals surface area contributed by atoms with Gasteiger partial charge in [-0.15, -0.1) is 0 Å². The number of fused-ring (bicyclic) bond motifs is 1. The molecule has 5 nitrogen and oxygen atoms in total. The number of ether oxygens (including phenoxy) is 1. The average Bonchev–Trinajstić information content (AvgIpc) is 2.61. The summed E-state index contributed by atoms with van der Waals surface area (Å²) in [5.41, 5.74) is 1.94. The average molecular weight is 360 g/mol. The van der Waals surface area contributed by atoms with Crippen LogP contribution in [0.2, 0.25) is 0 Å². The summed E-state index contributed by atoms with van der Waals surface area (Å²) in [7, 11) is 1.52. The molecule has 1 aliphatic heterocycles. The van der Waals surface area contributed by atoms with Gasteiger partial charge in [0.2, 0.25) is 5.91 Å². The van der Waals surface area contributed by atoms with Crippen molar-refractivity contribution >= 4 is 17.5 Å².